The third-order valence-corrected chi connectivity index (χ3v) is 4.80. The number of rotatable bonds is 3. The summed E-state index contributed by atoms with van der Waals surface area (Å²) in [6.45, 7) is 2.19. The molecule has 2 nitrogen and oxygen atoms in total. The number of hydrogen-bond acceptors (Lipinski definition) is 2. The first-order valence-electron chi connectivity index (χ1n) is 6.58. The smallest absolute Gasteiger partial charge is 0.0507 e. The summed E-state index contributed by atoms with van der Waals surface area (Å²) in [4.78, 5) is 0. The average molecular weight is 376 g/mol. The lowest BCUT2D eigenvalue weighted by molar-refractivity contribution is 0.347. The van der Waals surface area contributed by atoms with Crippen LogP contribution in [0.25, 0.3) is 0 Å². The van der Waals surface area contributed by atoms with Gasteiger partial charge in [-0.25, -0.2) is 0 Å². The van der Waals surface area contributed by atoms with Crippen molar-refractivity contribution >= 4 is 37.5 Å². The topological polar surface area (TPSA) is 38.0 Å². The summed E-state index contributed by atoms with van der Waals surface area (Å²) >= 11 is 7.03. The Hall–Kier alpha value is -0.0600. The van der Waals surface area contributed by atoms with Gasteiger partial charge in [0.2, 0.25) is 0 Å². The van der Waals surface area contributed by atoms with Crippen LogP contribution in [0.4, 0.5) is 5.69 Å². The van der Waals surface area contributed by atoms with E-state index in [9.17, 15) is 0 Å². The van der Waals surface area contributed by atoms with E-state index >= 15 is 0 Å². The van der Waals surface area contributed by atoms with Crippen LogP contribution < -0.4 is 11.1 Å². The molecule has 1 aromatic carbocycles. The van der Waals surface area contributed by atoms with E-state index in [0.29, 0.717) is 12.1 Å². The van der Waals surface area contributed by atoms with Gasteiger partial charge in [-0.2, -0.15) is 0 Å². The first-order valence-corrected chi connectivity index (χ1v) is 8.17. The molecular weight excluding hydrogens is 356 g/mol. The van der Waals surface area contributed by atoms with E-state index in [4.69, 9.17) is 5.73 Å². The van der Waals surface area contributed by atoms with Crippen molar-refractivity contribution < 1.29 is 0 Å². The average Bonchev–Trinajstić information content (AvgIpc) is 2.35. The van der Waals surface area contributed by atoms with Crippen LogP contribution in [0.5, 0.6) is 0 Å². The van der Waals surface area contributed by atoms with Crippen LogP contribution in [-0.4, -0.2) is 6.04 Å². The van der Waals surface area contributed by atoms with Gasteiger partial charge in [0.25, 0.3) is 0 Å². The molecule has 1 unspecified atom stereocenters. The number of nitrogens with two attached hydrogens (primary N) is 1. The van der Waals surface area contributed by atoms with Crippen molar-refractivity contribution in [1.82, 2.24) is 5.32 Å². The monoisotopic (exact) mass is 374 g/mol. The van der Waals surface area contributed by atoms with Gasteiger partial charge in [0.1, 0.15) is 0 Å². The van der Waals surface area contributed by atoms with Gasteiger partial charge in [-0.1, -0.05) is 35.2 Å². The minimum Gasteiger partial charge on any atom is -0.398 e. The van der Waals surface area contributed by atoms with Crippen LogP contribution in [0.1, 0.15) is 50.6 Å². The highest BCUT2D eigenvalue weighted by Gasteiger charge is 2.18. The van der Waals surface area contributed by atoms with Crippen LogP contribution in [0.15, 0.2) is 21.1 Å². The molecule has 4 heteroatoms. The maximum absolute atomic E-state index is 6.15. The molecule has 0 aromatic heterocycles. The minimum atomic E-state index is 0.293. The van der Waals surface area contributed by atoms with Crippen LogP contribution in [-0.2, 0) is 0 Å². The summed E-state index contributed by atoms with van der Waals surface area (Å²) < 4.78 is 2.03. The Kier molecular flexibility index (Phi) is 5.10. The molecule has 1 aromatic rings. The number of anilines is 1. The Morgan fingerprint density at radius 1 is 1.22 bits per heavy atom. The molecule has 1 saturated carbocycles. The zero-order valence-corrected chi connectivity index (χ0v) is 13.9. The maximum Gasteiger partial charge on any atom is 0.0507 e. The Labute approximate surface area is 126 Å². The van der Waals surface area contributed by atoms with Crippen LogP contribution in [0.3, 0.4) is 0 Å². The van der Waals surface area contributed by atoms with Crippen molar-refractivity contribution in [1.29, 1.82) is 0 Å². The zero-order valence-electron chi connectivity index (χ0n) is 10.7. The third kappa shape index (κ3) is 3.49. The van der Waals surface area contributed by atoms with Gasteiger partial charge in [-0.3, -0.25) is 0 Å². The van der Waals surface area contributed by atoms with Crippen molar-refractivity contribution in [2.24, 2.45) is 0 Å². The van der Waals surface area contributed by atoms with Crippen LogP contribution in [0.2, 0.25) is 0 Å². The van der Waals surface area contributed by atoms with Crippen molar-refractivity contribution in [3.05, 3.63) is 26.6 Å². The lowest BCUT2D eigenvalue weighted by Gasteiger charge is -2.27. The molecule has 2 rings (SSSR count). The van der Waals surface area contributed by atoms with E-state index < -0.39 is 0 Å². The number of nitrogens with one attached hydrogen (secondary N) is 1. The summed E-state index contributed by atoms with van der Waals surface area (Å²) in [7, 11) is 0. The van der Waals surface area contributed by atoms with Gasteiger partial charge < -0.3 is 11.1 Å². The molecule has 0 saturated heterocycles. The largest absolute Gasteiger partial charge is 0.398 e. The molecule has 0 amide bonds. The summed E-state index contributed by atoms with van der Waals surface area (Å²) in [6.07, 6.45) is 6.67. The molecule has 0 aliphatic heterocycles. The Morgan fingerprint density at radius 2 is 1.89 bits per heavy atom. The molecule has 0 radical (unpaired) electrons. The van der Waals surface area contributed by atoms with Gasteiger partial charge in [-0.15, -0.1) is 0 Å². The minimum absolute atomic E-state index is 0.293. The van der Waals surface area contributed by atoms with Gasteiger partial charge in [0.15, 0.2) is 0 Å². The molecule has 0 heterocycles. The van der Waals surface area contributed by atoms with E-state index in [1.54, 1.807) is 0 Å². The van der Waals surface area contributed by atoms with Gasteiger partial charge in [0, 0.05) is 21.0 Å². The fourth-order valence-electron chi connectivity index (χ4n) is 2.68. The van der Waals surface area contributed by atoms with E-state index in [0.717, 1.165) is 14.6 Å². The molecule has 1 aliphatic carbocycles. The van der Waals surface area contributed by atoms with E-state index in [2.05, 4.69) is 50.2 Å². The predicted octanol–water partition coefficient (Wildman–Crippen LogP) is 4.78. The number of halogens is 2. The van der Waals surface area contributed by atoms with Crippen molar-refractivity contribution in [3.8, 4) is 0 Å². The SMILES string of the molecule is CC(NC1CCCCC1)c1cc(Br)cc(Br)c1N. The summed E-state index contributed by atoms with van der Waals surface area (Å²) in [5.74, 6) is 0. The quantitative estimate of drug-likeness (QED) is 0.746. The normalized spacial score (nSPS) is 18.8. The fraction of sp³-hybridized carbons (Fsp3) is 0.571. The number of nitrogen functional groups attached to an aromatic ring is 1. The van der Waals surface area contributed by atoms with Crippen LogP contribution in [0, 0.1) is 0 Å². The predicted molar refractivity (Wildman–Crippen MR) is 84.7 cm³/mol. The second-order valence-corrected chi connectivity index (χ2v) is 6.88. The number of benzene rings is 1. The highest BCUT2D eigenvalue weighted by Crippen LogP contribution is 2.32. The Bertz CT molecular complexity index is 415. The van der Waals surface area contributed by atoms with E-state index in [-0.39, 0.29) is 0 Å². The zero-order chi connectivity index (χ0) is 13.1. The first-order chi connectivity index (χ1) is 8.58. The van der Waals surface area contributed by atoms with Crippen molar-refractivity contribution in [2.75, 3.05) is 5.73 Å². The Morgan fingerprint density at radius 3 is 2.56 bits per heavy atom. The summed E-state index contributed by atoms with van der Waals surface area (Å²) in [6, 6.07) is 5.04. The van der Waals surface area contributed by atoms with Gasteiger partial charge in [0.05, 0.1) is 5.69 Å². The van der Waals surface area contributed by atoms with E-state index in [1.165, 1.54) is 37.7 Å². The molecule has 0 spiro atoms. The molecule has 0 bridgehead atoms. The molecule has 1 fully saturated rings. The highest BCUT2D eigenvalue weighted by atomic mass is 79.9. The molecule has 3 N–H and O–H groups in total. The molecular formula is C14H20Br2N2. The Balaban J connectivity index is 2.10. The van der Waals surface area contributed by atoms with Gasteiger partial charge in [-0.05, 0) is 53.4 Å². The van der Waals surface area contributed by atoms with E-state index in [1.807, 2.05) is 6.07 Å². The van der Waals surface area contributed by atoms with Gasteiger partial charge >= 0.3 is 0 Å². The second-order valence-electron chi connectivity index (χ2n) is 5.11. The number of hydrogen-bond donors (Lipinski definition) is 2. The lowest BCUT2D eigenvalue weighted by Crippen LogP contribution is -2.33. The van der Waals surface area contributed by atoms with Crippen molar-refractivity contribution in [3.63, 3.8) is 0 Å². The third-order valence-electron chi connectivity index (χ3n) is 3.68. The molecule has 100 valence electrons. The fourth-order valence-corrected chi connectivity index (χ4v) is 3.93. The summed E-state index contributed by atoms with van der Waals surface area (Å²) in [5, 5.41) is 3.71. The standard InChI is InChI=1S/C14H20Br2N2/c1-9(18-11-5-3-2-4-6-11)12-7-10(15)8-13(16)14(12)17/h7-9,11,18H,2-6,17H2,1H3. The molecule has 18 heavy (non-hydrogen) atoms. The van der Waals surface area contributed by atoms with Crippen molar-refractivity contribution in [2.45, 2.75) is 51.1 Å². The summed E-state index contributed by atoms with van der Waals surface area (Å²) in [5.41, 5.74) is 8.16. The maximum atomic E-state index is 6.15. The second kappa shape index (κ2) is 6.40. The lowest BCUT2D eigenvalue weighted by atomic mass is 9.94. The molecule has 1 aliphatic rings. The molecule has 1 atom stereocenters. The first kappa shape index (κ1) is 14.4. The van der Waals surface area contributed by atoms with Crippen LogP contribution >= 0.6 is 31.9 Å². The highest BCUT2D eigenvalue weighted by molar-refractivity contribution is 9.11.